The predicted octanol–water partition coefficient (Wildman–Crippen LogP) is 2.73. The number of hydrogen-bond donors (Lipinski definition) is 0. The summed E-state index contributed by atoms with van der Waals surface area (Å²) in [7, 11) is 0. The zero-order valence-corrected chi connectivity index (χ0v) is 15.4. The molecule has 138 valence electrons. The summed E-state index contributed by atoms with van der Waals surface area (Å²) in [5.41, 5.74) is 0.390. The van der Waals surface area contributed by atoms with Crippen LogP contribution in [0, 0.1) is 17.8 Å². The molecule has 2 unspecified atom stereocenters. The SMILES string of the molecule is CC(C)COC(=O)C1[C@H]2C(=O)N(C(C)c3ccccc3)C[C@]23C=C[C@H]1O3. The topological polar surface area (TPSA) is 55.8 Å². The summed E-state index contributed by atoms with van der Waals surface area (Å²) in [6.45, 7) is 6.86. The van der Waals surface area contributed by atoms with Crippen molar-refractivity contribution >= 4 is 11.9 Å². The number of hydrogen-bond acceptors (Lipinski definition) is 4. The maximum atomic E-state index is 13.2. The summed E-state index contributed by atoms with van der Waals surface area (Å²) in [5.74, 6) is -1.10. The van der Waals surface area contributed by atoms with Gasteiger partial charge in [0.2, 0.25) is 5.91 Å². The zero-order valence-electron chi connectivity index (χ0n) is 15.4. The van der Waals surface area contributed by atoms with Gasteiger partial charge < -0.3 is 14.4 Å². The lowest BCUT2D eigenvalue weighted by atomic mass is 9.77. The number of benzene rings is 1. The summed E-state index contributed by atoms with van der Waals surface area (Å²) in [5, 5.41) is 0. The van der Waals surface area contributed by atoms with Gasteiger partial charge in [0.1, 0.15) is 11.5 Å². The van der Waals surface area contributed by atoms with Gasteiger partial charge in [0.15, 0.2) is 0 Å². The van der Waals surface area contributed by atoms with Crippen molar-refractivity contribution in [3.8, 4) is 0 Å². The molecule has 3 aliphatic rings. The lowest BCUT2D eigenvalue weighted by Crippen LogP contribution is -2.40. The first-order valence-corrected chi connectivity index (χ1v) is 9.32. The molecule has 0 aliphatic carbocycles. The van der Waals surface area contributed by atoms with Crippen LogP contribution in [0.3, 0.4) is 0 Å². The van der Waals surface area contributed by atoms with Crippen molar-refractivity contribution in [2.75, 3.05) is 13.2 Å². The van der Waals surface area contributed by atoms with Gasteiger partial charge in [0.05, 0.1) is 31.2 Å². The Kier molecular flexibility index (Phi) is 4.14. The van der Waals surface area contributed by atoms with Crippen LogP contribution >= 0.6 is 0 Å². The summed E-state index contributed by atoms with van der Waals surface area (Å²) < 4.78 is 11.6. The first kappa shape index (κ1) is 17.3. The Hall–Kier alpha value is -2.14. The molecule has 0 N–H and O–H groups in total. The number of esters is 1. The van der Waals surface area contributed by atoms with Gasteiger partial charge in [-0.3, -0.25) is 9.59 Å². The van der Waals surface area contributed by atoms with Gasteiger partial charge in [-0.1, -0.05) is 56.3 Å². The first-order valence-electron chi connectivity index (χ1n) is 9.32. The summed E-state index contributed by atoms with van der Waals surface area (Å²) in [4.78, 5) is 27.7. The molecule has 0 radical (unpaired) electrons. The molecular formula is C21H25NO4. The minimum absolute atomic E-state index is 0.0142. The third kappa shape index (κ3) is 2.57. The van der Waals surface area contributed by atoms with Crippen molar-refractivity contribution in [3.63, 3.8) is 0 Å². The Morgan fingerprint density at radius 3 is 2.73 bits per heavy atom. The second-order valence-electron chi connectivity index (χ2n) is 7.98. The van der Waals surface area contributed by atoms with Gasteiger partial charge in [-0.05, 0) is 18.4 Å². The molecule has 3 heterocycles. The van der Waals surface area contributed by atoms with E-state index in [0.29, 0.717) is 13.2 Å². The molecule has 3 aliphatic heterocycles. The second-order valence-corrected chi connectivity index (χ2v) is 7.98. The van der Waals surface area contributed by atoms with Crippen LogP contribution in [0.4, 0.5) is 0 Å². The van der Waals surface area contributed by atoms with Gasteiger partial charge in [-0.15, -0.1) is 0 Å². The molecule has 2 fully saturated rings. The number of carbonyl (C=O) groups excluding carboxylic acids is 2. The highest BCUT2D eigenvalue weighted by atomic mass is 16.6. The first-order chi connectivity index (χ1) is 12.4. The highest BCUT2D eigenvalue weighted by Crippen LogP contribution is 2.53. The normalized spacial score (nSPS) is 33.0. The molecule has 0 saturated carbocycles. The molecule has 4 rings (SSSR count). The third-order valence-corrected chi connectivity index (χ3v) is 5.71. The van der Waals surface area contributed by atoms with Crippen LogP contribution in [0.2, 0.25) is 0 Å². The molecule has 2 bridgehead atoms. The zero-order chi connectivity index (χ0) is 18.5. The van der Waals surface area contributed by atoms with Gasteiger partial charge >= 0.3 is 5.97 Å². The lowest BCUT2D eigenvalue weighted by molar-refractivity contribution is -0.155. The molecular weight excluding hydrogens is 330 g/mol. The largest absolute Gasteiger partial charge is 0.465 e. The average molecular weight is 355 g/mol. The highest BCUT2D eigenvalue weighted by molar-refractivity contribution is 5.91. The Bertz CT molecular complexity index is 744. The van der Waals surface area contributed by atoms with Crippen LogP contribution in [0.5, 0.6) is 0 Å². The number of amides is 1. The van der Waals surface area contributed by atoms with Crippen molar-refractivity contribution in [2.24, 2.45) is 17.8 Å². The minimum atomic E-state index is -0.688. The Balaban J connectivity index is 1.58. The van der Waals surface area contributed by atoms with E-state index in [2.05, 4.69) is 0 Å². The molecule has 26 heavy (non-hydrogen) atoms. The van der Waals surface area contributed by atoms with Crippen LogP contribution in [0.15, 0.2) is 42.5 Å². The molecule has 5 heteroatoms. The lowest BCUT2D eigenvalue weighted by Gasteiger charge is -2.27. The number of carbonyl (C=O) groups is 2. The molecule has 1 spiro atoms. The van der Waals surface area contributed by atoms with Crippen molar-refractivity contribution < 1.29 is 19.1 Å². The van der Waals surface area contributed by atoms with E-state index >= 15 is 0 Å². The van der Waals surface area contributed by atoms with E-state index in [1.807, 2.05) is 68.2 Å². The van der Waals surface area contributed by atoms with Gasteiger partial charge in [0, 0.05) is 0 Å². The molecule has 1 amide bonds. The third-order valence-electron chi connectivity index (χ3n) is 5.71. The van der Waals surface area contributed by atoms with E-state index in [-0.39, 0.29) is 29.9 Å². The molecule has 5 nitrogen and oxygen atoms in total. The Morgan fingerprint density at radius 1 is 1.31 bits per heavy atom. The smallest absolute Gasteiger partial charge is 0.312 e. The fourth-order valence-electron chi connectivity index (χ4n) is 4.38. The van der Waals surface area contributed by atoms with E-state index in [1.54, 1.807) is 0 Å². The van der Waals surface area contributed by atoms with E-state index in [9.17, 15) is 9.59 Å². The summed E-state index contributed by atoms with van der Waals surface area (Å²) >= 11 is 0. The maximum Gasteiger partial charge on any atom is 0.312 e. The standard InChI is InChI=1S/C21H25NO4/c1-13(2)11-25-20(24)17-16-9-10-21(26-16)12-22(19(23)18(17)21)14(3)15-7-5-4-6-8-15/h4-10,13-14,16-18H,11-12H2,1-3H3/t14?,16-,17?,18+,21-/m1/s1. The van der Waals surface area contributed by atoms with Crippen LogP contribution in [0.25, 0.3) is 0 Å². The van der Waals surface area contributed by atoms with Crippen LogP contribution in [0.1, 0.15) is 32.4 Å². The monoisotopic (exact) mass is 355 g/mol. The quantitative estimate of drug-likeness (QED) is 0.602. The summed E-state index contributed by atoms with van der Waals surface area (Å²) in [6, 6.07) is 9.88. The fraction of sp³-hybridized carbons (Fsp3) is 0.524. The van der Waals surface area contributed by atoms with Crippen LogP contribution in [-0.4, -0.2) is 41.6 Å². The van der Waals surface area contributed by atoms with Crippen LogP contribution in [-0.2, 0) is 19.1 Å². The molecule has 0 aromatic heterocycles. The van der Waals surface area contributed by atoms with Crippen molar-refractivity contribution in [3.05, 3.63) is 48.0 Å². The number of fused-ring (bicyclic) bond motifs is 1. The van der Waals surface area contributed by atoms with Gasteiger partial charge in [-0.2, -0.15) is 0 Å². The summed E-state index contributed by atoms with van der Waals surface area (Å²) in [6.07, 6.45) is 3.55. The molecule has 5 atom stereocenters. The van der Waals surface area contributed by atoms with Gasteiger partial charge in [0.25, 0.3) is 0 Å². The van der Waals surface area contributed by atoms with E-state index in [1.165, 1.54) is 0 Å². The highest BCUT2D eigenvalue weighted by Gasteiger charge is 2.67. The second kappa shape index (κ2) is 6.23. The van der Waals surface area contributed by atoms with E-state index < -0.39 is 17.4 Å². The van der Waals surface area contributed by atoms with Crippen molar-refractivity contribution in [2.45, 2.75) is 38.5 Å². The number of rotatable bonds is 5. The number of nitrogens with zero attached hydrogens (tertiary/aromatic N) is 1. The van der Waals surface area contributed by atoms with Crippen molar-refractivity contribution in [1.82, 2.24) is 4.90 Å². The van der Waals surface area contributed by atoms with Crippen LogP contribution < -0.4 is 0 Å². The molecule has 1 aromatic carbocycles. The average Bonchev–Trinajstić information content (AvgIpc) is 3.28. The van der Waals surface area contributed by atoms with Crippen molar-refractivity contribution in [1.29, 1.82) is 0 Å². The maximum absolute atomic E-state index is 13.2. The predicted molar refractivity (Wildman–Crippen MR) is 96.1 cm³/mol. The van der Waals surface area contributed by atoms with E-state index in [4.69, 9.17) is 9.47 Å². The molecule has 2 saturated heterocycles. The van der Waals surface area contributed by atoms with E-state index in [0.717, 1.165) is 5.56 Å². The Morgan fingerprint density at radius 2 is 2.04 bits per heavy atom. The fourth-order valence-corrected chi connectivity index (χ4v) is 4.38. The molecule has 1 aromatic rings. The number of ether oxygens (including phenoxy) is 2. The minimum Gasteiger partial charge on any atom is -0.465 e. The number of likely N-dealkylation sites (tertiary alicyclic amines) is 1. The Labute approximate surface area is 154 Å². The van der Waals surface area contributed by atoms with Gasteiger partial charge in [-0.25, -0.2) is 0 Å².